The molecule has 0 unspecified atom stereocenters. The van der Waals surface area contributed by atoms with E-state index in [2.05, 4.69) is 179 Å². The van der Waals surface area contributed by atoms with Crippen LogP contribution in [0.1, 0.15) is 0 Å². The minimum absolute atomic E-state index is 0. The second kappa shape index (κ2) is 15.4. The maximum absolute atomic E-state index is 11.4. The summed E-state index contributed by atoms with van der Waals surface area (Å²) in [5, 5.41) is 13.6. The molecule has 0 amide bonds. The Balaban J connectivity index is 0.00000433. The average molecular weight is 951 g/mol. The standard InChI is InChI=1S/C54H35N4O.Pt/c59-51-30-15-12-25-44(51)54-56-53-42(26-16-29-49(53)58(54)47-27-13-10-23-41(47)37-19-6-2-7-20-37)45-33-39(46-34-38(31-32-55-46)36-17-4-1-5-18-36)35-50-52(45)43-24-11-14-28-48(43)57(50)40-21-8-3-9-22-40;/h1-32,34-35,59H;/q-1;. The van der Waals surface area contributed by atoms with Crippen molar-refractivity contribution in [3.63, 3.8) is 0 Å². The molecule has 1 N–H and O–H groups in total. The number of pyridine rings is 1. The molecule has 0 aliphatic carbocycles. The van der Waals surface area contributed by atoms with Crippen molar-refractivity contribution in [2.24, 2.45) is 0 Å². The molecule has 0 saturated carbocycles. The molecule has 8 aromatic carbocycles. The van der Waals surface area contributed by atoms with Crippen molar-refractivity contribution < 1.29 is 26.2 Å². The van der Waals surface area contributed by atoms with Crippen molar-refractivity contribution in [2.45, 2.75) is 0 Å². The monoisotopic (exact) mass is 950 g/mol. The van der Waals surface area contributed by atoms with Crippen molar-refractivity contribution in [3.05, 3.63) is 212 Å². The van der Waals surface area contributed by atoms with Gasteiger partial charge in [0, 0.05) is 49.7 Å². The van der Waals surface area contributed by atoms with Crippen LogP contribution in [0.2, 0.25) is 0 Å². The SMILES string of the molecule is Oc1ccccc1-c1nc2c(-c3[c-]c(-c4cc(-c5ccccc5)ccn4)cc4c3c3ccccc3n4-c3ccccc3)cccc2n1-c1ccccc1-c1ccccc1.[Pt]. The predicted molar refractivity (Wildman–Crippen MR) is 241 cm³/mol. The predicted octanol–water partition coefficient (Wildman–Crippen LogP) is 13.4. The van der Waals surface area contributed by atoms with E-state index in [1.165, 1.54) is 0 Å². The van der Waals surface area contributed by atoms with Crippen LogP contribution >= 0.6 is 0 Å². The van der Waals surface area contributed by atoms with Crippen molar-refractivity contribution >= 4 is 32.8 Å². The first-order valence-corrected chi connectivity index (χ1v) is 19.7. The van der Waals surface area contributed by atoms with Gasteiger partial charge in [0.15, 0.2) is 0 Å². The molecular formula is C54H35N4OPt-. The maximum Gasteiger partial charge on any atom is 0.148 e. The second-order valence-corrected chi connectivity index (χ2v) is 14.6. The minimum atomic E-state index is 0. The van der Waals surface area contributed by atoms with Gasteiger partial charge in [-0.1, -0.05) is 168 Å². The number of imidazole rings is 1. The summed E-state index contributed by atoms with van der Waals surface area (Å²) in [5.41, 5.74) is 14.4. The third-order valence-corrected chi connectivity index (χ3v) is 11.2. The third kappa shape index (κ3) is 6.23. The number of aromatic nitrogens is 4. The summed E-state index contributed by atoms with van der Waals surface area (Å²) in [6.45, 7) is 0. The molecule has 60 heavy (non-hydrogen) atoms. The topological polar surface area (TPSA) is 55.9 Å². The summed E-state index contributed by atoms with van der Waals surface area (Å²) in [4.78, 5) is 10.5. The van der Waals surface area contributed by atoms with Gasteiger partial charge in [0.25, 0.3) is 0 Å². The van der Waals surface area contributed by atoms with Crippen LogP contribution in [0.5, 0.6) is 5.75 Å². The molecule has 0 fully saturated rings. The van der Waals surface area contributed by atoms with Gasteiger partial charge in [-0.25, -0.2) is 4.98 Å². The van der Waals surface area contributed by atoms with E-state index in [0.717, 1.165) is 88.9 Å². The zero-order valence-electron chi connectivity index (χ0n) is 32.2. The van der Waals surface area contributed by atoms with Gasteiger partial charge in [-0.05, 0) is 76.1 Å². The number of phenolic OH excluding ortho intramolecular Hbond substituents is 1. The number of rotatable bonds is 7. The van der Waals surface area contributed by atoms with Gasteiger partial charge in [-0.3, -0.25) is 9.55 Å². The quantitative estimate of drug-likeness (QED) is 0.162. The van der Waals surface area contributed by atoms with Crippen LogP contribution in [0.15, 0.2) is 206 Å². The van der Waals surface area contributed by atoms with Crippen LogP contribution in [0, 0.1) is 6.07 Å². The molecule has 0 aliphatic heterocycles. The van der Waals surface area contributed by atoms with Gasteiger partial charge in [0.05, 0.1) is 22.3 Å². The number of fused-ring (bicyclic) bond motifs is 4. The van der Waals surface area contributed by atoms with Crippen LogP contribution < -0.4 is 0 Å². The number of aromatic hydroxyl groups is 1. The van der Waals surface area contributed by atoms with Gasteiger partial charge < -0.3 is 9.67 Å². The first-order valence-electron chi connectivity index (χ1n) is 19.7. The molecule has 0 atom stereocenters. The van der Waals surface area contributed by atoms with E-state index in [0.29, 0.717) is 11.4 Å². The summed E-state index contributed by atoms with van der Waals surface area (Å²) in [5.74, 6) is 0.805. The molecule has 6 heteroatoms. The van der Waals surface area contributed by atoms with Gasteiger partial charge in [0.2, 0.25) is 0 Å². The van der Waals surface area contributed by atoms with Crippen LogP contribution in [0.25, 0.3) is 100 Å². The number of benzene rings is 8. The van der Waals surface area contributed by atoms with Crippen LogP contribution in [-0.2, 0) is 21.1 Å². The molecule has 0 aliphatic rings. The fourth-order valence-corrected chi connectivity index (χ4v) is 8.53. The molecule has 3 heterocycles. The number of hydrogen-bond donors (Lipinski definition) is 1. The molecule has 11 aromatic rings. The van der Waals surface area contributed by atoms with Crippen LogP contribution in [0.4, 0.5) is 0 Å². The Kier molecular flexibility index (Phi) is 9.52. The summed E-state index contributed by atoms with van der Waals surface area (Å²) in [6, 6.07) is 72.5. The van der Waals surface area contributed by atoms with E-state index in [9.17, 15) is 5.11 Å². The largest absolute Gasteiger partial charge is 0.507 e. The number of nitrogens with zero attached hydrogens (tertiary/aromatic N) is 4. The second-order valence-electron chi connectivity index (χ2n) is 14.6. The maximum atomic E-state index is 11.4. The number of hydrogen-bond acceptors (Lipinski definition) is 3. The normalized spacial score (nSPS) is 11.3. The summed E-state index contributed by atoms with van der Waals surface area (Å²) in [7, 11) is 0. The molecule has 0 radical (unpaired) electrons. The molecule has 0 bridgehead atoms. The van der Waals surface area contributed by atoms with E-state index in [1.807, 2.05) is 36.5 Å². The molecule has 5 nitrogen and oxygen atoms in total. The first kappa shape index (κ1) is 37.0. The Hall–Kier alpha value is -7.33. The van der Waals surface area contributed by atoms with E-state index in [4.69, 9.17) is 9.97 Å². The number of para-hydroxylation sites is 5. The molecule has 288 valence electrons. The van der Waals surface area contributed by atoms with Crippen LogP contribution in [-0.4, -0.2) is 24.2 Å². The summed E-state index contributed by atoms with van der Waals surface area (Å²) in [6.07, 6.45) is 1.88. The first-order chi connectivity index (χ1) is 29.2. The molecule has 11 rings (SSSR count). The van der Waals surface area contributed by atoms with Gasteiger partial charge in [-0.2, -0.15) is 0 Å². The van der Waals surface area contributed by atoms with Crippen molar-refractivity contribution in [2.75, 3.05) is 0 Å². The molecule has 3 aromatic heterocycles. The molecule has 0 saturated heterocycles. The third-order valence-electron chi connectivity index (χ3n) is 11.2. The van der Waals surface area contributed by atoms with Gasteiger partial charge in [-0.15, -0.1) is 11.6 Å². The van der Waals surface area contributed by atoms with Crippen molar-refractivity contribution in [3.8, 4) is 73.2 Å². The zero-order chi connectivity index (χ0) is 39.3. The number of phenols is 1. The Bertz CT molecular complexity index is 3340. The Morgan fingerprint density at radius 3 is 1.90 bits per heavy atom. The summed E-state index contributed by atoms with van der Waals surface area (Å²) < 4.78 is 4.53. The van der Waals surface area contributed by atoms with E-state index in [-0.39, 0.29) is 26.8 Å². The fraction of sp³-hybridized carbons (Fsp3) is 0. The van der Waals surface area contributed by atoms with E-state index >= 15 is 0 Å². The smallest absolute Gasteiger partial charge is 0.148 e. The average Bonchev–Trinajstić information content (AvgIpc) is 3.86. The fourth-order valence-electron chi connectivity index (χ4n) is 8.53. The van der Waals surface area contributed by atoms with Gasteiger partial charge in [0.1, 0.15) is 11.6 Å². The minimum Gasteiger partial charge on any atom is -0.507 e. The zero-order valence-corrected chi connectivity index (χ0v) is 34.5. The Morgan fingerprint density at radius 2 is 1.12 bits per heavy atom. The Labute approximate surface area is 361 Å². The van der Waals surface area contributed by atoms with Crippen LogP contribution in [0.3, 0.4) is 0 Å². The Morgan fingerprint density at radius 1 is 0.483 bits per heavy atom. The molecular weight excluding hydrogens is 916 g/mol. The molecule has 0 spiro atoms. The van der Waals surface area contributed by atoms with E-state index in [1.54, 1.807) is 6.07 Å². The van der Waals surface area contributed by atoms with Crippen molar-refractivity contribution in [1.29, 1.82) is 0 Å². The summed E-state index contributed by atoms with van der Waals surface area (Å²) >= 11 is 0. The van der Waals surface area contributed by atoms with Gasteiger partial charge >= 0.3 is 0 Å². The van der Waals surface area contributed by atoms with E-state index < -0.39 is 0 Å². The van der Waals surface area contributed by atoms with Crippen molar-refractivity contribution in [1.82, 2.24) is 19.1 Å².